The van der Waals surface area contributed by atoms with Crippen LogP contribution in [-0.2, 0) is 13.0 Å². The molecule has 6 heteroatoms. The highest BCUT2D eigenvalue weighted by Crippen LogP contribution is 2.18. The lowest BCUT2D eigenvalue weighted by molar-refractivity contribution is 0.0954. The van der Waals surface area contributed by atoms with Crippen molar-refractivity contribution in [1.29, 1.82) is 0 Å². The standard InChI is InChI=1S/C20H22N4O2/c1-15-11-16(5-8-19(15)26-2)9-10-22-20(25)18-6-3-17(4-7-18)12-24-14-21-13-23-24/h3-8,11,13-14H,9-10,12H2,1-2H3,(H,22,25). The largest absolute Gasteiger partial charge is 0.496 e. The second-order valence-corrected chi connectivity index (χ2v) is 6.10. The number of rotatable bonds is 7. The van der Waals surface area contributed by atoms with E-state index in [9.17, 15) is 4.79 Å². The van der Waals surface area contributed by atoms with Crippen LogP contribution in [0.5, 0.6) is 5.75 Å². The van der Waals surface area contributed by atoms with Gasteiger partial charge >= 0.3 is 0 Å². The molecule has 2 aromatic carbocycles. The van der Waals surface area contributed by atoms with Gasteiger partial charge in [0.2, 0.25) is 0 Å². The Morgan fingerprint density at radius 1 is 1.15 bits per heavy atom. The first-order chi connectivity index (χ1) is 12.7. The van der Waals surface area contributed by atoms with E-state index in [0.717, 1.165) is 23.3 Å². The van der Waals surface area contributed by atoms with Crippen molar-refractivity contribution in [1.82, 2.24) is 20.1 Å². The van der Waals surface area contributed by atoms with Gasteiger partial charge in [-0.05, 0) is 48.2 Å². The smallest absolute Gasteiger partial charge is 0.251 e. The molecule has 0 unspecified atom stereocenters. The van der Waals surface area contributed by atoms with Crippen molar-refractivity contribution >= 4 is 5.91 Å². The van der Waals surface area contributed by atoms with Crippen LogP contribution >= 0.6 is 0 Å². The van der Waals surface area contributed by atoms with Crippen molar-refractivity contribution in [2.45, 2.75) is 19.9 Å². The average Bonchev–Trinajstić information content (AvgIpc) is 3.15. The molecule has 0 bridgehead atoms. The number of hydrogen-bond donors (Lipinski definition) is 1. The minimum atomic E-state index is -0.0671. The molecule has 0 fully saturated rings. The molecule has 0 atom stereocenters. The number of ether oxygens (including phenoxy) is 1. The molecule has 26 heavy (non-hydrogen) atoms. The molecule has 6 nitrogen and oxygen atoms in total. The van der Waals surface area contributed by atoms with Crippen molar-refractivity contribution in [2.75, 3.05) is 13.7 Å². The van der Waals surface area contributed by atoms with E-state index in [1.807, 2.05) is 43.3 Å². The highest BCUT2D eigenvalue weighted by atomic mass is 16.5. The van der Waals surface area contributed by atoms with Gasteiger partial charge in [0, 0.05) is 12.1 Å². The van der Waals surface area contributed by atoms with E-state index in [0.29, 0.717) is 18.7 Å². The van der Waals surface area contributed by atoms with Crippen molar-refractivity contribution in [2.24, 2.45) is 0 Å². The topological polar surface area (TPSA) is 69.0 Å². The zero-order chi connectivity index (χ0) is 18.4. The third-order valence-corrected chi connectivity index (χ3v) is 4.19. The third-order valence-electron chi connectivity index (χ3n) is 4.19. The molecule has 1 amide bonds. The Labute approximate surface area is 152 Å². The molecule has 1 aromatic heterocycles. The zero-order valence-corrected chi connectivity index (χ0v) is 15.0. The summed E-state index contributed by atoms with van der Waals surface area (Å²) in [4.78, 5) is 16.2. The maximum Gasteiger partial charge on any atom is 0.251 e. The van der Waals surface area contributed by atoms with Gasteiger partial charge < -0.3 is 10.1 Å². The van der Waals surface area contributed by atoms with E-state index in [1.165, 1.54) is 11.9 Å². The molecule has 0 radical (unpaired) electrons. The van der Waals surface area contributed by atoms with E-state index < -0.39 is 0 Å². The van der Waals surface area contributed by atoms with Gasteiger partial charge in [0.15, 0.2) is 0 Å². The van der Waals surface area contributed by atoms with Crippen LogP contribution in [0, 0.1) is 6.92 Å². The number of aromatic nitrogens is 3. The monoisotopic (exact) mass is 350 g/mol. The quantitative estimate of drug-likeness (QED) is 0.711. The summed E-state index contributed by atoms with van der Waals surface area (Å²) in [6.45, 7) is 3.24. The molecular weight excluding hydrogens is 328 g/mol. The summed E-state index contributed by atoms with van der Waals surface area (Å²) in [6, 6.07) is 13.6. The normalized spacial score (nSPS) is 10.5. The third kappa shape index (κ3) is 4.47. The molecule has 1 N–H and O–H groups in total. The molecule has 0 aliphatic carbocycles. The van der Waals surface area contributed by atoms with Crippen LogP contribution in [-0.4, -0.2) is 34.3 Å². The van der Waals surface area contributed by atoms with E-state index in [1.54, 1.807) is 18.1 Å². The Morgan fingerprint density at radius 2 is 1.92 bits per heavy atom. The maximum atomic E-state index is 12.3. The van der Waals surface area contributed by atoms with Crippen LogP contribution in [0.15, 0.2) is 55.1 Å². The lowest BCUT2D eigenvalue weighted by atomic mass is 10.1. The fraction of sp³-hybridized carbons (Fsp3) is 0.250. The average molecular weight is 350 g/mol. The minimum absolute atomic E-state index is 0.0671. The highest BCUT2D eigenvalue weighted by molar-refractivity contribution is 5.94. The summed E-state index contributed by atoms with van der Waals surface area (Å²) in [5.74, 6) is 0.811. The molecule has 134 valence electrons. The second kappa shape index (κ2) is 8.29. The summed E-state index contributed by atoms with van der Waals surface area (Å²) in [5.41, 5.74) is 3.99. The molecular formula is C20H22N4O2. The molecule has 3 aromatic rings. The fourth-order valence-electron chi connectivity index (χ4n) is 2.78. The maximum absolute atomic E-state index is 12.3. The highest BCUT2D eigenvalue weighted by Gasteiger charge is 2.06. The number of amides is 1. The number of benzene rings is 2. The second-order valence-electron chi connectivity index (χ2n) is 6.10. The molecule has 0 spiro atoms. The van der Waals surface area contributed by atoms with Crippen LogP contribution in [0.1, 0.15) is 27.0 Å². The van der Waals surface area contributed by atoms with Gasteiger partial charge in [0.1, 0.15) is 18.4 Å². The lowest BCUT2D eigenvalue weighted by Crippen LogP contribution is -2.25. The lowest BCUT2D eigenvalue weighted by Gasteiger charge is -2.09. The van der Waals surface area contributed by atoms with Gasteiger partial charge in [-0.15, -0.1) is 0 Å². The minimum Gasteiger partial charge on any atom is -0.496 e. The predicted octanol–water partition coefficient (Wildman–Crippen LogP) is 2.62. The summed E-state index contributed by atoms with van der Waals surface area (Å²) < 4.78 is 7.01. The number of methoxy groups -OCH3 is 1. The Hall–Kier alpha value is -3.15. The molecule has 3 rings (SSSR count). The van der Waals surface area contributed by atoms with Crippen LogP contribution in [0.3, 0.4) is 0 Å². The number of hydrogen-bond acceptors (Lipinski definition) is 4. The number of carbonyl (C=O) groups excluding carboxylic acids is 1. The first-order valence-corrected chi connectivity index (χ1v) is 8.49. The van der Waals surface area contributed by atoms with Gasteiger partial charge in [0.25, 0.3) is 5.91 Å². The summed E-state index contributed by atoms with van der Waals surface area (Å²) in [6.07, 6.45) is 3.95. The van der Waals surface area contributed by atoms with Crippen molar-refractivity contribution in [3.05, 3.63) is 77.4 Å². The van der Waals surface area contributed by atoms with Crippen LogP contribution < -0.4 is 10.1 Å². The van der Waals surface area contributed by atoms with Gasteiger partial charge in [-0.25, -0.2) is 9.67 Å². The van der Waals surface area contributed by atoms with Crippen molar-refractivity contribution in [3.8, 4) is 5.75 Å². The van der Waals surface area contributed by atoms with Gasteiger partial charge in [-0.2, -0.15) is 5.10 Å². The molecule has 0 aliphatic rings. The number of aryl methyl sites for hydroxylation is 1. The number of carbonyl (C=O) groups is 1. The van der Waals surface area contributed by atoms with E-state index >= 15 is 0 Å². The SMILES string of the molecule is COc1ccc(CCNC(=O)c2ccc(Cn3cncn3)cc2)cc1C. The first-order valence-electron chi connectivity index (χ1n) is 8.49. The zero-order valence-electron chi connectivity index (χ0n) is 15.0. The number of nitrogens with one attached hydrogen (secondary N) is 1. The molecule has 0 saturated carbocycles. The predicted molar refractivity (Wildman–Crippen MR) is 99.3 cm³/mol. The summed E-state index contributed by atoms with van der Waals surface area (Å²) >= 11 is 0. The van der Waals surface area contributed by atoms with E-state index in [2.05, 4.69) is 21.5 Å². The molecule has 0 aliphatic heterocycles. The van der Waals surface area contributed by atoms with E-state index in [4.69, 9.17) is 4.74 Å². The Kier molecular flexibility index (Phi) is 5.63. The molecule has 0 saturated heterocycles. The Morgan fingerprint density at radius 3 is 2.58 bits per heavy atom. The summed E-state index contributed by atoms with van der Waals surface area (Å²) in [5, 5.41) is 7.04. The van der Waals surface area contributed by atoms with Gasteiger partial charge in [-0.3, -0.25) is 4.79 Å². The van der Waals surface area contributed by atoms with Crippen molar-refractivity contribution < 1.29 is 9.53 Å². The number of nitrogens with zero attached hydrogens (tertiary/aromatic N) is 3. The van der Waals surface area contributed by atoms with Crippen LogP contribution in [0.2, 0.25) is 0 Å². The fourth-order valence-corrected chi connectivity index (χ4v) is 2.78. The Bertz CT molecular complexity index is 858. The van der Waals surface area contributed by atoms with Crippen LogP contribution in [0.4, 0.5) is 0 Å². The van der Waals surface area contributed by atoms with E-state index in [-0.39, 0.29) is 5.91 Å². The first kappa shape index (κ1) is 17.7. The van der Waals surface area contributed by atoms with Crippen LogP contribution in [0.25, 0.3) is 0 Å². The van der Waals surface area contributed by atoms with Gasteiger partial charge in [0.05, 0.1) is 13.7 Å². The van der Waals surface area contributed by atoms with Crippen molar-refractivity contribution in [3.63, 3.8) is 0 Å². The Balaban J connectivity index is 1.51. The molecule has 1 heterocycles. The van der Waals surface area contributed by atoms with Gasteiger partial charge in [-0.1, -0.05) is 24.3 Å². The summed E-state index contributed by atoms with van der Waals surface area (Å²) in [7, 11) is 1.67.